The fourth-order valence-electron chi connectivity index (χ4n) is 4.53. The average Bonchev–Trinajstić information content (AvgIpc) is 3.57. The van der Waals surface area contributed by atoms with E-state index in [1.54, 1.807) is 0 Å². The van der Waals surface area contributed by atoms with Crippen molar-refractivity contribution in [2.75, 3.05) is 13.2 Å². The summed E-state index contributed by atoms with van der Waals surface area (Å²) in [7, 11) is 0. The summed E-state index contributed by atoms with van der Waals surface area (Å²) in [5, 5.41) is 6.21. The van der Waals surface area contributed by atoms with Gasteiger partial charge in [-0.25, -0.2) is 9.98 Å². The van der Waals surface area contributed by atoms with Gasteiger partial charge in [0.25, 0.3) is 0 Å². The molecule has 0 bridgehead atoms. The zero-order valence-corrected chi connectivity index (χ0v) is 18.9. The van der Waals surface area contributed by atoms with E-state index in [9.17, 15) is 9.59 Å². The van der Waals surface area contributed by atoms with Gasteiger partial charge in [-0.3, -0.25) is 9.59 Å². The number of ether oxygens (including phenoxy) is 2. The number of amides is 2. The van der Waals surface area contributed by atoms with Gasteiger partial charge in [0.15, 0.2) is 12.1 Å². The van der Waals surface area contributed by atoms with Gasteiger partial charge >= 0.3 is 0 Å². The van der Waals surface area contributed by atoms with E-state index in [1.807, 2.05) is 60.7 Å². The molecule has 2 heterocycles. The van der Waals surface area contributed by atoms with Gasteiger partial charge in [-0.1, -0.05) is 49.2 Å². The van der Waals surface area contributed by atoms with Crippen LogP contribution in [0.2, 0.25) is 0 Å². The van der Waals surface area contributed by atoms with Crippen LogP contribution in [0, 0.1) is 0 Å². The van der Waals surface area contributed by atoms with Crippen LogP contribution in [-0.2, 0) is 19.1 Å². The normalized spacial score (nSPS) is 26.0. The molecule has 2 aromatic rings. The highest BCUT2D eigenvalue weighted by Crippen LogP contribution is 2.21. The van der Waals surface area contributed by atoms with E-state index in [0.29, 0.717) is 11.8 Å². The van der Waals surface area contributed by atoms with Crippen molar-refractivity contribution in [3.8, 4) is 0 Å². The van der Waals surface area contributed by atoms with Gasteiger partial charge in [-0.15, -0.1) is 0 Å². The Kier molecular flexibility index (Phi) is 6.56. The molecule has 0 saturated heterocycles. The Hall–Kier alpha value is -3.68. The fourth-order valence-corrected chi connectivity index (χ4v) is 4.53. The van der Waals surface area contributed by atoms with Crippen LogP contribution in [0.5, 0.6) is 0 Å². The maximum atomic E-state index is 12.9. The molecule has 8 nitrogen and oxygen atoms in total. The van der Waals surface area contributed by atoms with Gasteiger partial charge in [0, 0.05) is 23.2 Å². The van der Waals surface area contributed by atoms with Crippen molar-refractivity contribution in [2.24, 2.45) is 9.98 Å². The summed E-state index contributed by atoms with van der Waals surface area (Å²) in [5.74, 6) is 0.626. The summed E-state index contributed by atoms with van der Waals surface area (Å²) in [4.78, 5) is 34.8. The minimum absolute atomic E-state index is 0.152. The first-order valence-corrected chi connectivity index (χ1v) is 11.8. The molecule has 0 aromatic heterocycles. The minimum atomic E-state index is -0.588. The Morgan fingerprint density at radius 1 is 0.676 bits per heavy atom. The number of benzene rings is 2. The SMILES string of the molecule is O=C(N[C@@H]1CCCC[C@H]1NC(=O)[C@@H]1COC(c2ccccc2)=N1)[C@@H]1COC(c2ccccc2)=N1. The molecule has 0 radical (unpaired) electrons. The molecule has 2 aromatic carbocycles. The Balaban J connectivity index is 1.19. The molecule has 34 heavy (non-hydrogen) atoms. The molecule has 3 aliphatic rings. The third-order valence-electron chi connectivity index (χ3n) is 6.37. The number of rotatable bonds is 6. The second-order valence-corrected chi connectivity index (χ2v) is 8.77. The lowest BCUT2D eigenvalue weighted by Crippen LogP contribution is -2.56. The van der Waals surface area contributed by atoms with Crippen LogP contribution in [0.4, 0.5) is 0 Å². The van der Waals surface area contributed by atoms with Gasteiger partial charge in [0.2, 0.25) is 23.6 Å². The van der Waals surface area contributed by atoms with Crippen molar-refractivity contribution in [3.05, 3.63) is 71.8 Å². The molecule has 5 rings (SSSR count). The fraction of sp³-hybridized carbons (Fsp3) is 0.385. The maximum Gasteiger partial charge on any atom is 0.248 e. The number of aliphatic imine (C=N–C) groups is 2. The Morgan fingerprint density at radius 3 is 1.50 bits per heavy atom. The number of carbonyl (C=O) groups excluding carboxylic acids is 2. The van der Waals surface area contributed by atoms with Crippen LogP contribution < -0.4 is 10.6 Å². The quantitative estimate of drug-likeness (QED) is 0.690. The second-order valence-electron chi connectivity index (χ2n) is 8.77. The lowest BCUT2D eigenvalue weighted by Gasteiger charge is -2.33. The largest absolute Gasteiger partial charge is 0.475 e. The predicted octanol–water partition coefficient (Wildman–Crippen LogP) is 2.22. The van der Waals surface area contributed by atoms with Crippen molar-refractivity contribution >= 4 is 23.6 Å². The van der Waals surface area contributed by atoms with E-state index in [0.717, 1.165) is 36.8 Å². The first-order valence-electron chi connectivity index (χ1n) is 11.8. The van der Waals surface area contributed by atoms with Gasteiger partial charge in [0.05, 0.1) is 0 Å². The zero-order chi connectivity index (χ0) is 23.3. The van der Waals surface area contributed by atoms with Crippen LogP contribution >= 0.6 is 0 Å². The summed E-state index contributed by atoms with van der Waals surface area (Å²) >= 11 is 0. The van der Waals surface area contributed by atoms with Crippen molar-refractivity contribution in [1.29, 1.82) is 0 Å². The third-order valence-corrected chi connectivity index (χ3v) is 6.37. The standard InChI is InChI=1S/C26H28N4O4/c31-23(21-15-33-25(29-21)17-9-3-1-4-10-17)27-19-13-7-8-14-20(19)28-24(32)22-16-34-26(30-22)18-11-5-2-6-12-18/h1-6,9-12,19-22H,7-8,13-16H2,(H,27,31)(H,28,32)/t19-,20-,21+,22+/m1/s1. The highest BCUT2D eigenvalue weighted by atomic mass is 16.5. The molecule has 2 amide bonds. The molecule has 4 atom stereocenters. The van der Waals surface area contributed by atoms with Crippen molar-refractivity contribution in [1.82, 2.24) is 10.6 Å². The van der Waals surface area contributed by atoms with Gasteiger partial charge in [-0.2, -0.15) is 0 Å². The average molecular weight is 461 g/mol. The van der Waals surface area contributed by atoms with Crippen molar-refractivity contribution in [2.45, 2.75) is 49.9 Å². The van der Waals surface area contributed by atoms with Gasteiger partial charge in [0.1, 0.15) is 13.2 Å². The van der Waals surface area contributed by atoms with E-state index in [-0.39, 0.29) is 37.1 Å². The van der Waals surface area contributed by atoms with E-state index in [2.05, 4.69) is 20.6 Å². The van der Waals surface area contributed by atoms with Crippen LogP contribution in [0.25, 0.3) is 0 Å². The molecule has 176 valence electrons. The molecule has 8 heteroatoms. The summed E-state index contributed by atoms with van der Waals surface area (Å²) in [6.07, 6.45) is 3.61. The lowest BCUT2D eigenvalue weighted by molar-refractivity contribution is -0.126. The van der Waals surface area contributed by atoms with E-state index >= 15 is 0 Å². The number of nitrogens with one attached hydrogen (secondary N) is 2. The lowest BCUT2D eigenvalue weighted by atomic mass is 9.89. The molecule has 1 fully saturated rings. The molecular formula is C26H28N4O4. The second kappa shape index (κ2) is 10.1. The monoisotopic (exact) mass is 460 g/mol. The molecule has 1 aliphatic carbocycles. The number of hydrogen-bond donors (Lipinski definition) is 2. The van der Waals surface area contributed by atoms with E-state index in [4.69, 9.17) is 9.47 Å². The number of carbonyl (C=O) groups is 2. The summed E-state index contributed by atoms with van der Waals surface area (Å²) < 4.78 is 11.3. The molecule has 2 aliphatic heterocycles. The van der Waals surface area contributed by atoms with Crippen molar-refractivity contribution in [3.63, 3.8) is 0 Å². The van der Waals surface area contributed by atoms with Crippen LogP contribution in [-0.4, -0.2) is 61.0 Å². The molecule has 0 spiro atoms. The zero-order valence-electron chi connectivity index (χ0n) is 18.9. The molecule has 0 unspecified atom stereocenters. The van der Waals surface area contributed by atoms with Gasteiger partial charge in [-0.05, 0) is 37.1 Å². The third kappa shape index (κ3) is 4.95. The van der Waals surface area contributed by atoms with Crippen LogP contribution in [0.3, 0.4) is 0 Å². The highest BCUT2D eigenvalue weighted by molar-refractivity contribution is 5.99. The summed E-state index contributed by atoms with van der Waals surface area (Å²) in [6.45, 7) is 0.437. The summed E-state index contributed by atoms with van der Waals surface area (Å²) in [6, 6.07) is 17.6. The van der Waals surface area contributed by atoms with Crippen molar-refractivity contribution < 1.29 is 19.1 Å². The minimum Gasteiger partial charge on any atom is -0.475 e. The first-order chi connectivity index (χ1) is 16.7. The Morgan fingerprint density at radius 2 is 1.09 bits per heavy atom. The van der Waals surface area contributed by atoms with E-state index < -0.39 is 12.1 Å². The van der Waals surface area contributed by atoms with Gasteiger partial charge < -0.3 is 20.1 Å². The van der Waals surface area contributed by atoms with Crippen LogP contribution in [0.1, 0.15) is 36.8 Å². The van der Waals surface area contributed by atoms with Crippen LogP contribution in [0.15, 0.2) is 70.6 Å². The van der Waals surface area contributed by atoms with E-state index in [1.165, 1.54) is 0 Å². The maximum absolute atomic E-state index is 12.9. The molecule has 1 saturated carbocycles. The highest BCUT2D eigenvalue weighted by Gasteiger charge is 2.34. The predicted molar refractivity (Wildman–Crippen MR) is 128 cm³/mol. The molecular weight excluding hydrogens is 432 g/mol. The Bertz CT molecular complexity index is 999. The topological polar surface area (TPSA) is 101 Å². The smallest absolute Gasteiger partial charge is 0.248 e. The molecule has 2 N–H and O–H groups in total. The number of hydrogen-bond acceptors (Lipinski definition) is 6. The number of nitrogens with zero attached hydrogens (tertiary/aromatic N) is 2. The first kappa shape index (κ1) is 22.1. The summed E-state index contributed by atoms with van der Waals surface area (Å²) in [5.41, 5.74) is 1.71. The Labute approximate surface area is 198 Å².